The zero-order chi connectivity index (χ0) is 11.4. The predicted octanol–water partition coefficient (Wildman–Crippen LogP) is 3.51. The Morgan fingerprint density at radius 1 is 1.53 bits per heavy atom. The first-order valence-corrected chi connectivity index (χ1v) is 5.18. The Morgan fingerprint density at radius 3 is 2.67 bits per heavy atom. The highest BCUT2D eigenvalue weighted by Crippen LogP contribution is 2.22. The van der Waals surface area contributed by atoms with Gasteiger partial charge in [0, 0.05) is 0 Å². The smallest absolute Gasteiger partial charge is 0.124 e. The van der Waals surface area contributed by atoms with Crippen LogP contribution in [-0.4, -0.2) is 11.7 Å². The van der Waals surface area contributed by atoms with Crippen LogP contribution in [-0.2, 0) is 0 Å². The summed E-state index contributed by atoms with van der Waals surface area (Å²) in [6.45, 7) is 3.96. The number of aliphatic hydroxyl groups is 1. The molecule has 0 spiro atoms. The van der Waals surface area contributed by atoms with E-state index in [1.165, 1.54) is 12.1 Å². The molecule has 3 heteroatoms. The number of hydrogen-bond acceptors (Lipinski definition) is 1. The number of benzene rings is 1. The molecule has 15 heavy (non-hydrogen) atoms. The predicted molar refractivity (Wildman–Crippen MR) is 61.3 cm³/mol. The maximum absolute atomic E-state index is 12.8. The fourth-order valence-corrected chi connectivity index (χ4v) is 1.43. The van der Waals surface area contributed by atoms with Gasteiger partial charge in [0.05, 0.1) is 11.6 Å². The lowest BCUT2D eigenvalue weighted by Crippen LogP contribution is -1.99. The van der Waals surface area contributed by atoms with Gasteiger partial charge in [-0.05, 0) is 29.2 Å². The van der Waals surface area contributed by atoms with Gasteiger partial charge in [-0.1, -0.05) is 37.6 Å². The van der Waals surface area contributed by atoms with Crippen LogP contribution >= 0.6 is 11.6 Å². The Labute approximate surface area is 94.2 Å². The van der Waals surface area contributed by atoms with Crippen molar-refractivity contribution in [3.05, 3.63) is 40.2 Å². The van der Waals surface area contributed by atoms with Gasteiger partial charge in [0.15, 0.2) is 0 Å². The summed E-state index contributed by atoms with van der Waals surface area (Å²) in [5.41, 5.74) is 1.61. The van der Waals surface area contributed by atoms with Crippen molar-refractivity contribution >= 4 is 17.7 Å². The Hall–Kier alpha value is -0.860. The second-order valence-electron chi connectivity index (χ2n) is 3.70. The van der Waals surface area contributed by atoms with Gasteiger partial charge in [-0.2, -0.15) is 0 Å². The first-order valence-electron chi connectivity index (χ1n) is 4.81. The third-order valence-corrected chi connectivity index (χ3v) is 2.55. The molecule has 1 nitrogen and oxygen atoms in total. The monoisotopic (exact) mass is 228 g/mol. The first kappa shape index (κ1) is 12.2. The summed E-state index contributed by atoms with van der Waals surface area (Å²) in [6, 6.07) is 4.23. The molecule has 0 unspecified atom stereocenters. The second kappa shape index (κ2) is 5.29. The highest BCUT2D eigenvalue weighted by Gasteiger charge is 2.04. The maximum Gasteiger partial charge on any atom is 0.124 e. The van der Waals surface area contributed by atoms with Gasteiger partial charge in [0.2, 0.25) is 0 Å². The molecular weight excluding hydrogens is 215 g/mol. The summed E-state index contributed by atoms with van der Waals surface area (Å²) in [7, 11) is 0. The largest absolute Gasteiger partial charge is 0.392 e. The molecule has 0 aliphatic heterocycles. The third kappa shape index (κ3) is 3.33. The van der Waals surface area contributed by atoms with Crippen LogP contribution in [0.25, 0.3) is 6.08 Å². The van der Waals surface area contributed by atoms with E-state index in [0.29, 0.717) is 5.02 Å². The van der Waals surface area contributed by atoms with E-state index in [2.05, 4.69) is 0 Å². The minimum Gasteiger partial charge on any atom is -0.392 e. The molecule has 1 aromatic carbocycles. The molecule has 1 N–H and O–H groups in total. The van der Waals surface area contributed by atoms with E-state index in [1.807, 2.05) is 13.8 Å². The molecule has 0 aliphatic rings. The normalized spacial score (nSPS) is 12.3. The molecule has 0 saturated carbocycles. The summed E-state index contributed by atoms with van der Waals surface area (Å²) in [4.78, 5) is 0. The number of halogens is 2. The highest BCUT2D eigenvalue weighted by molar-refractivity contribution is 6.32. The standard InChI is InChI=1S/C12H14ClFO/c1-8(2)10(7-15)5-9-3-4-11(14)6-12(9)13/h3-6,8,15H,7H2,1-2H3/b10-5+. The lowest BCUT2D eigenvalue weighted by Gasteiger charge is -2.08. The molecule has 0 atom stereocenters. The van der Waals surface area contributed by atoms with Gasteiger partial charge in [-0.3, -0.25) is 0 Å². The molecule has 0 fully saturated rings. The lowest BCUT2D eigenvalue weighted by molar-refractivity contribution is 0.320. The van der Waals surface area contributed by atoms with Crippen molar-refractivity contribution in [2.45, 2.75) is 13.8 Å². The van der Waals surface area contributed by atoms with Crippen LogP contribution in [0.3, 0.4) is 0 Å². The van der Waals surface area contributed by atoms with Crippen LogP contribution in [0.1, 0.15) is 19.4 Å². The zero-order valence-electron chi connectivity index (χ0n) is 8.80. The Balaban J connectivity index is 3.06. The molecule has 0 aromatic heterocycles. The summed E-state index contributed by atoms with van der Waals surface area (Å²) < 4.78 is 12.8. The topological polar surface area (TPSA) is 20.2 Å². The maximum atomic E-state index is 12.8. The van der Waals surface area contributed by atoms with E-state index in [4.69, 9.17) is 16.7 Å². The average molecular weight is 229 g/mol. The van der Waals surface area contributed by atoms with Crippen molar-refractivity contribution in [3.63, 3.8) is 0 Å². The molecule has 1 rings (SSSR count). The third-order valence-electron chi connectivity index (χ3n) is 2.23. The molecule has 82 valence electrons. The van der Waals surface area contributed by atoms with E-state index in [0.717, 1.165) is 11.1 Å². The van der Waals surface area contributed by atoms with Gasteiger partial charge in [0.1, 0.15) is 5.82 Å². The number of aliphatic hydroxyl groups excluding tert-OH is 1. The second-order valence-corrected chi connectivity index (χ2v) is 4.11. The highest BCUT2D eigenvalue weighted by atomic mass is 35.5. The van der Waals surface area contributed by atoms with Gasteiger partial charge in [-0.15, -0.1) is 0 Å². The molecule has 0 radical (unpaired) electrons. The van der Waals surface area contributed by atoms with Crippen LogP contribution in [0.4, 0.5) is 4.39 Å². The van der Waals surface area contributed by atoms with Crippen LogP contribution in [0.15, 0.2) is 23.8 Å². The number of hydrogen-bond donors (Lipinski definition) is 1. The molecular formula is C12H14ClFO. The van der Waals surface area contributed by atoms with Crippen LogP contribution < -0.4 is 0 Å². The molecule has 0 heterocycles. The SMILES string of the molecule is CC(C)/C(=C/c1ccc(F)cc1Cl)CO. The van der Waals surface area contributed by atoms with Crippen molar-refractivity contribution in [2.75, 3.05) is 6.61 Å². The minimum atomic E-state index is -0.354. The Kier molecular flexibility index (Phi) is 4.30. The van der Waals surface area contributed by atoms with Gasteiger partial charge < -0.3 is 5.11 Å². The van der Waals surface area contributed by atoms with Gasteiger partial charge in [-0.25, -0.2) is 4.39 Å². The average Bonchev–Trinajstić information content (AvgIpc) is 2.16. The fourth-order valence-electron chi connectivity index (χ4n) is 1.21. The van der Waals surface area contributed by atoms with Crippen LogP contribution in [0.2, 0.25) is 5.02 Å². The summed E-state index contributed by atoms with van der Waals surface area (Å²) in [5.74, 6) is -0.108. The van der Waals surface area contributed by atoms with E-state index < -0.39 is 0 Å². The van der Waals surface area contributed by atoms with E-state index in [9.17, 15) is 4.39 Å². The fraction of sp³-hybridized carbons (Fsp3) is 0.333. The number of rotatable bonds is 3. The Morgan fingerprint density at radius 2 is 2.20 bits per heavy atom. The van der Waals surface area contributed by atoms with Crippen molar-refractivity contribution < 1.29 is 9.50 Å². The van der Waals surface area contributed by atoms with E-state index in [-0.39, 0.29) is 18.3 Å². The van der Waals surface area contributed by atoms with Gasteiger partial charge in [0.25, 0.3) is 0 Å². The minimum absolute atomic E-state index is 0.00856. The van der Waals surface area contributed by atoms with Crippen molar-refractivity contribution in [2.24, 2.45) is 5.92 Å². The summed E-state index contributed by atoms with van der Waals surface area (Å²) in [5, 5.41) is 9.48. The van der Waals surface area contributed by atoms with E-state index >= 15 is 0 Å². The van der Waals surface area contributed by atoms with Crippen LogP contribution in [0.5, 0.6) is 0 Å². The van der Waals surface area contributed by atoms with E-state index in [1.54, 1.807) is 12.1 Å². The lowest BCUT2D eigenvalue weighted by atomic mass is 10.0. The first-order chi connectivity index (χ1) is 7.04. The zero-order valence-corrected chi connectivity index (χ0v) is 9.55. The Bertz CT molecular complexity index is 372. The quantitative estimate of drug-likeness (QED) is 0.840. The van der Waals surface area contributed by atoms with Crippen molar-refractivity contribution in [3.8, 4) is 0 Å². The summed E-state index contributed by atoms with van der Waals surface area (Å²) >= 11 is 5.87. The molecule has 1 aromatic rings. The van der Waals surface area contributed by atoms with Crippen molar-refractivity contribution in [1.82, 2.24) is 0 Å². The molecule has 0 bridgehead atoms. The van der Waals surface area contributed by atoms with Crippen LogP contribution in [0, 0.1) is 11.7 Å². The summed E-state index contributed by atoms with van der Waals surface area (Å²) in [6.07, 6.45) is 1.80. The van der Waals surface area contributed by atoms with Gasteiger partial charge >= 0.3 is 0 Å². The molecule has 0 aliphatic carbocycles. The molecule has 0 saturated heterocycles. The van der Waals surface area contributed by atoms with Crippen molar-refractivity contribution in [1.29, 1.82) is 0 Å². The molecule has 0 amide bonds.